The Morgan fingerprint density at radius 3 is 2.52 bits per heavy atom. The second-order valence-electron chi connectivity index (χ2n) is 11.3. The highest BCUT2D eigenvalue weighted by Crippen LogP contribution is 2.66. The molecule has 31 heavy (non-hydrogen) atoms. The minimum Gasteiger partial charge on any atom is -0.423 e. The molecule has 4 aliphatic carbocycles. The molecule has 0 bridgehead atoms. The van der Waals surface area contributed by atoms with Crippen LogP contribution in [0, 0.1) is 34.5 Å². The van der Waals surface area contributed by atoms with Crippen LogP contribution in [0.1, 0.15) is 105 Å². The van der Waals surface area contributed by atoms with E-state index in [1.54, 1.807) is 0 Å². The molecule has 0 N–H and O–H groups in total. The van der Waals surface area contributed by atoms with Gasteiger partial charge in [0, 0.05) is 25.2 Å². The summed E-state index contributed by atoms with van der Waals surface area (Å²) in [4.78, 5) is 37.5. The van der Waals surface area contributed by atoms with Gasteiger partial charge in [0.25, 0.3) is 0 Å². The molecule has 0 aromatic carbocycles. The molecule has 4 aliphatic rings. The van der Waals surface area contributed by atoms with Crippen LogP contribution in [0.4, 0.5) is 0 Å². The van der Waals surface area contributed by atoms with Crippen molar-refractivity contribution in [2.45, 2.75) is 105 Å². The summed E-state index contributed by atoms with van der Waals surface area (Å²) in [6.07, 6.45) is 12.2. The normalized spacial score (nSPS) is 39.7. The van der Waals surface area contributed by atoms with Gasteiger partial charge in [-0.15, -0.1) is 0 Å². The molecule has 4 nitrogen and oxygen atoms in total. The highest BCUT2D eigenvalue weighted by atomic mass is 16.5. The Morgan fingerprint density at radius 1 is 1.03 bits per heavy atom. The fraction of sp³-hybridized carbons (Fsp3) is 0.815. The molecule has 3 saturated carbocycles. The summed E-state index contributed by atoms with van der Waals surface area (Å²) in [5, 5.41) is 0. The maximum absolute atomic E-state index is 13.2. The van der Waals surface area contributed by atoms with Crippen LogP contribution in [0.3, 0.4) is 0 Å². The summed E-state index contributed by atoms with van der Waals surface area (Å²) in [5.74, 6) is 2.48. The van der Waals surface area contributed by atoms with Crippen molar-refractivity contribution in [2.75, 3.05) is 0 Å². The predicted octanol–water partition coefficient (Wildman–Crippen LogP) is 6.17. The number of hydrogen-bond donors (Lipinski definition) is 0. The zero-order chi connectivity index (χ0) is 22.4. The van der Waals surface area contributed by atoms with Gasteiger partial charge in [-0.2, -0.15) is 0 Å². The molecule has 3 fully saturated rings. The lowest BCUT2D eigenvalue weighted by Gasteiger charge is -2.57. The van der Waals surface area contributed by atoms with Crippen molar-refractivity contribution in [3.8, 4) is 0 Å². The predicted molar refractivity (Wildman–Crippen MR) is 120 cm³/mol. The molecule has 0 radical (unpaired) electrons. The van der Waals surface area contributed by atoms with Crippen LogP contribution >= 0.6 is 0 Å². The van der Waals surface area contributed by atoms with Crippen LogP contribution in [0.15, 0.2) is 11.3 Å². The second kappa shape index (κ2) is 8.48. The van der Waals surface area contributed by atoms with Gasteiger partial charge in [0.05, 0.1) is 0 Å². The maximum Gasteiger partial charge on any atom is 0.308 e. The summed E-state index contributed by atoms with van der Waals surface area (Å²) in [6, 6.07) is 0. The molecular formula is C27H40O4. The first kappa shape index (κ1) is 22.7. The fourth-order valence-corrected chi connectivity index (χ4v) is 8.09. The number of ketones is 2. The third kappa shape index (κ3) is 3.72. The number of fused-ring (bicyclic) bond motifs is 5. The van der Waals surface area contributed by atoms with Crippen LogP contribution in [0.2, 0.25) is 0 Å². The van der Waals surface area contributed by atoms with Crippen molar-refractivity contribution in [1.82, 2.24) is 0 Å². The van der Waals surface area contributed by atoms with E-state index in [1.165, 1.54) is 39.0 Å². The van der Waals surface area contributed by atoms with Gasteiger partial charge >= 0.3 is 5.97 Å². The van der Waals surface area contributed by atoms with E-state index in [2.05, 4.69) is 20.8 Å². The quantitative estimate of drug-likeness (QED) is 0.375. The van der Waals surface area contributed by atoms with E-state index in [4.69, 9.17) is 4.74 Å². The summed E-state index contributed by atoms with van der Waals surface area (Å²) in [6.45, 7) is 8.20. The Bertz CT molecular complexity index is 795. The number of esters is 1. The number of ether oxygens (including phenoxy) is 1. The average molecular weight is 429 g/mol. The first-order chi connectivity index (χ1) is 14.7. The van der Waals surface area contributed by atoms with Gasteiger partial charge < -0.3 is 4.74 Å². The number of carbonyl (C=O) groups excluding carboxylic acids is 3. The Morgan fingerprint density at radius 2 is 1.81 bits per heavy atom. The summed E-state index contributed by atoms with van der Waals surface area (Å²) in [5.41, 5.74) is 0.853. The highest BCUT2D eigenvalue weighted by molar-refractivity contribution is 5.97. The van der Waals surface area contributed by atoms with Crippen molar-refractivity contribution < 1.29 is 19.1 Å². The number of Topliss-reactive ketones (excluding diaryl/α,β-unsaturated/α-hetero) is 2. The first-order valence-electron chi connectivity index (χ1n) is 12.7. The van der Waals surface area contributed by atoms with E-state index < -0.39 is 5.97 Å². The summed E-state index contributed by atoms with van der Waals surface area (Å²) >= 11 is 0. The zero-order valence-corrected chi connectivity index (χ0v) is 19.9. The Labute approximate surface area is 187 Å². The third-order valence-electron chi connectivity index (χ3n) is 9.59. The minimum atomic E-state index is -0.396. The van der Waals surface area contributed by atoms with E-state index in [-0.39, 0.29) is 16.6 Å². The van der Waals surface area contributed by atoms with Crippen molar-refractivity contribution >= 4 is 17.5 Å². The van der Waals surface area contributed by atoms with Gasteiger partial charge in [-0.1, -0.05) is 46.5 Å². The standard InChI is InChI=1S/C27H40O4/c1-5-6-7-8-9-18-16-23(30)27(4)14-12-20-19(24(18)27)10-11-21-25(31-17(2)28)22(29)13-15-26(20,21)3/h18-20,24H,5-16H2,1-4H3/t18?,19-,20-,24+,26-,27-/m1/s1. The number of unbranched alkanes of at least 4 members (excludes halogenated alkanes) is 3. The molecular weight excluding hydrogens is 388 g/mol. The number of allylic oxidation sites excluding steroid dienone is 1. The van der Waals surface area contributed by atoms with Crippen LogP contribution in [0.25, 0.3) is 0 Å². The van der Waals surface area contributed by atoms with Crippen molar-refractivity contribution in [2.24, 2.45) is 34.5 Å². The topological polar surface area (TPSA) is 60.4 Å². The van der Waals surface area contributed by atoms with Crippen molar-refractivity contribution in [1.29, 1.82) is 0 Å². The molecule has 172 valence electrons. The molecule has 6 atom stereocenters. The first-order valence-corrected chi connectivity index (χ1v) is 12.7. The smallest absolute Gasteiger partial charge is 0.308 e. The molecule has 0 amide bonds. The fourth-order valence-electron chi connectivity index (χ4n) is 8.09. The third-order valence-corrected chi connectivity index (χ3v) is 9.59. The van der Waals surface area contributed by atoms with E-state index in [1.807, 2.05) is 0 Å². The van der Waals surface area contributed by atoms with Crippen molar-refractivity contribution in [3.63, 3.8) is 0 Å². The Hall–Kier alpha value is -1.45. The summed E-state index contributed by atoms with van der Waals surface area (Å²) < 4.78 is 5.48. The lowest BCUT2D eigenvalue weighted by molar-refractivity contribution is -0.143. The number of rotatable bonds is 6. The van der Waals surface area contributed by atoms with Gasteiger partial charge in [0.2, 0.25) is 0 Å². The molecule has 4 rings (SSSR count). The van der Waals surface area contributed by atoms with E-state index >= 15 is 0 Å². The molecule has 0 spiro atoms. The molecule has 0 aliphatic heterocycles. The van der Waals surface area contributed by atoms with Gasteiger partial charge in [-0.3, -0.25) is 14.4 Å². The Balaban J connectivity index is 1.63. The van der Waals surface area contributed by atoms with Gasteiger partial charge in [0.1, 0.15) is 5.78 Å². The molecule has 0 heterocycles. The summed E-state index contributed by atoms with van der Waals surface area (Å²) in [7, 11) is 0. The van der Waals surface area contributed by atoms with Gasteiger partial charge in [0.15, 0.2) is 11.5 Å². The minimum absolute atomic E-state index is 0.00776. The van der Waals surface area contributed by atoms with Crippen molar-refractivity contribution in [3.05, 3.63) is 11.3 Å². The van der Waals surface area contributed by atoms with E-state index in [0.29, 0.717) is 41.6 Å². The largest absolute Gasteiger partial charge is 0.423 e. The van der Waals surface area contributed by atoms with Crippen LogP contribution in [-0.2, 0) is 19.1 Å². The lowest BCUT2D eigenvalue weighted by Crippen LogP contribution is -2.52. The van der Waals surface area contributed by atoms with E-state index in [0.717, 1.165) is 44.1 Å². The van der Waals surface area contributed by atoms with Gasteiger partial charge in [-0.25, -0.2) is 0 Å². The van der Waals surface area contributed by atoms with Crippen LogP contribution in [-0.4, -0.2) is 17.5 Å². The molecule has 0 aromatic rings. The number of hydrogen-bond acceptors (Lipinski definition) is 4. The second-order valence-corrected chi connectivity index (χ2v) is 11.3. The molecule has 0 saturated heterocycles. The van der Waals surface area contributed by atoms with Gasteiger partial charge in [-0.05, 0) is 73.2 Å². The average Bonchev–Trinajstić information content (AvgIpc) is 2.98. The van der Waals surface area contributed by atoms with Crippen LogP contribution in [0.5, 0.6) is 0 Å². The SMILES string of the molecule is CCCCCCC1CC(=O)[C@@]2(C)CC[C@@H]3[C@@H](CCC4=C(OC(C)=O)C(=O)CC[C@@]43C)[C@H]12. The van der Waals surface area contributed by atoms with E-state index in [9.17, 15) is 14.4 Å². The monoisotopic (exact) mass is 428 g/mol. The molecule has 0 aromatic heterocycles. The van der Waals surface area contributed by atoms with Crippen LogP contribution < -0.4 is 0 Å². The maximum atomic E-state index is 13.2. The Kier molecular flexibility index (Phi) is 6.22. The highest BCUT2D eigenvalue weighted by Gasteiger charge is 2.62. The lowest BCUT2D eigenvalue weighted by atomic mass is 9.46. The molecule has 4 heteroatoms. The molecule has 1 unspecified atom stereocenters. The zero-order valence-electron chi connectivity index (χ0n) is 19.9. The number of carbonyl (C=O) groups is 3.